The van der Waals surface area contributed by atoms with E-state index >= 15 is 0 Å². The molecule has 3 nitrogen and oxygen atoms in total. The molecule has 1 saturated heterocycles. The Kier molecular flexibility index (Phi) is 7.21. The van der Waals surface area contributed by atoms with Crippen molar-refractivity contribution in [2.45, 2.75) is 39.0 Å². The van der Waals surface area contributed by atoms with E-state index in [1.807, 2.05) is 30.3 Å². The highest BCUT2D eigenvalue weighted by atomic mass is 35.5. The summed E-state index contributed by atoms with van der Waals surface area (Å²) in [4.78, 5) is 2.56. The van der Waals surface area contributed by atoms with Crippen molar-refractivity contribution in [2.75, 3.05) is 19.6 Å². The highest BCUT2D eigenvalue weighted by Gasteiger charge is 2.21. The standard InChI is InChI=1S/C21H26Cl2N2O/c1-2-25-12-4-5-17(25)14-24-13-16-8-10-18(11-9-16)26-15-19-20(22)6-3-7-21(19)23/h3,6-11,17,24H,2,4-5,12-15H2,1H3. The summed E-state index contributed by atoms with van der Waals surface area (Å²) in [7, 11) is 0. The van der Waals surface area contributed by atoms with Gasteiger partial charge < -0.3 is 10.1 Å². The van der Waals surface area contributed by atoms with Gasteiger partial charge in [0.1, 0.15) is 12.4 Å². The fraction of sp³-hybridized carbons (Fsp3) is 0.429. The van der Waals surface area contributed by atoms with Crippen LogP contribution in [0.5, 0.6) is 5.75 Å². The van der Waals surface area contributed by atoms with Crippen molar-refractivity contribution in [2.24, 2.45) is 0 Å². The molecule has 1 N–H and O–H groups in total. The Hall–Kier alpha value is -1.26. The van der Waals surface area contributed by atoms with Crippen molar-refractivity contribution >= 4 is 23.2 Å². The second kappa shape index (κ2) is 9.61. The largest absolute Gasteiger partial charge is 0.489 e. The van der Waals surface area contributed by atoms with Crippen LogP contribution in [-0.4, -0.2) is 30.6 Å². The molecule has 0 bridgehead atoms. The molecule has 0 aromatic heterocycles. The Labute approximate surface area is 166 Å². The Morgan fingerprint density at radius 1 is 1.12 bits per heavy atom. The minimum absolute atomic E-state index is 0.366. The Balaban J connectivity index is 1.46. The first-order valence-corrected chi connectivity index (χ1v) is 10.0. The first-order chi connectivity index (χ1) is 12.7. The molecular weight excluding hydrogens is 367 g/mol. The summed E-state index contributed by atoms with van der Waals surface area (Å²) >= 11 is 12.4. The molecule has 0 spiro atoms. The van der Waals surface area contributed by atoms with Gasteiger partial charge in [-0.1, -0.05) is 48.3 Å². The van der Waals surface area contributed by atoms with Gasteiger partial charge in [-0.05, 0) is 55.8 Å². The lowest BCUT2D eigenvalue weighted by atomic mass is 10.2. The lowest BCUT2D eigenvalue weighted by Crippen LogP contribution is -2.37. The maximum atomic E-state index is 6.18. The maximum absolute atomic E-state index is 6.18. The lowest BCUT2D eigenvalue weighted by molar-refractivity contribution is 0.260. The zero-order chi connectivity index (χ0) is 18.4. The normalized spacial score (nSPS) is 17.6. The number of likely N-dealkylation sites (tertiary alicyclic amines) is 1. The number of ether oxygens (including phenoxy) is 1. The number of rotatable bonds is 8. The van der Waals surface area contributed by atoms with E-state index in [1.165, 1.54) is 24.9 Å². The Morgan fingerprint density at radius 2 is 1.85 bits per heavy atom. The molecule has 1 unspecified atom stereocenters. The molecule has 1 aliphatic heterocycles. The molecule has 1 fully saturated rings. The fourth-order valence-corrected chi connectivity index (χ4v) is 3.96. The minimum atomic E-state index is 0.366. The van der Waals surface area contributed by atoms with E-state index in [0.29, 0.717) is 22.7 Å². The highest BCUT2D eigenvalue weighted by molar-refractivity contribution is 6.35. The van der Waals surface area contributed by atoms with Crippen molar-refractivity contribution < 1.29 is 4.74 Å². The molecule has 140 valence electrons. The van der Waals surface area contributed by atoms with Crippen LogP contribution in [-0.2, 0) is 13.2 Å². The van der Waals surface area contributed by atoms with Gasteiger partial charge >= 0.3 is 0 Å². The quantitative estimate of drug-likeness (QED) is 0.672. The van der Waals surface area contributed by atoms with Crippen LogP contribution in [0.15, 0.2) is 42.5 Å². The van der Waals surface area contributed by atoms with E-state index in [0.717, 1.165) is 30.9 Å². The summed E-state index contributed by atoms with van der Waals surface area (Å²) in [5, 5.41) is 4.84. The van der Waals surface area contributed by atoms with Gasteiger partial charge in [0.05, 0.1) is 0 Å². The van der Waals surface area contributed by atoms with E-state index in [2.05, 4.69) is 29.3 Å². The third kappa shape index (κ3) is 5.14. The smallest absolute Gasteiger partial charge is 0.119 e. The first kappa shape index (κ1) is 19.5. The van der Waals surface area contributed by atoms with Gasteiger partial charge in [0.15, 0.2) is 0 Å². The van der Waals surface area contributed by atoms with Crippen molar-refractivity contribution in [1.82, 2.24) is 10.2 Å². The number of halogens is 2. The molecule has 0 saturated carbocycles. The molecule has 0 amide bonds. The second-order valence-corrected chi connectivity index (χ2v) is 7.50. The minimum Gasteiger partial charge on any atom is -0.489 e. The molecule has 2 aromatic carbocycles. The average molecular weight is 393 g/mol. The zero-order valence-corrected chi connectivity index (χ0v) is 16.7. The highest BCUT2D eigenvalue weighted by Crippen LogP contribution is 2.26. The van der Waals surface area contributed by atoms with E-state index in [9.17, 15) is 0 Å². The predicted molar refractivity (Wildman–Crippen MR) is 109 cm³/mol. The number of likely N-dealkylation sites (N-methyl/N-ethyl adjacent to an activating group) is 1. The molecular formula is C21H26Cl2N2O. The fourth-order valence-electron chi connectivity index (χ4n) is 3.46. The molecule has 5 heteroatoms. The van der Waals surface area contributed by atoms with Crippen molar-refractivity contribution in [1.29, 1.82) is 0 Å². The van der Waals surface area contributed by atoms with E-state index < -0.39 is 0 Å². The molecule has 2 aromatic rings. The summed E-state index contributed by atoms with van der Waals surface area (Å²) in [5.41, 5.74) is 2.08. The van der Waals surface area contributed by atoms with Crippen LogP contribution in [0.1, 0.15) is 30.9 Å². The van der Waals surface area contributed by atoms with Crippen LogP contribution in [0.3, 0.4) is 0 Å². The van der Waals surface area contributed by atoms with E-state index in [-0.39, 0.29) is 0 Å². The van der Waals surface area contributed by atoms with Gasteiger partial charge in [-0.2, -0.15) is 0 Å². The number of nitrogens with one attached hydrogen (secondary N) is 1. The summed E-state index contributed by atoms with van der Waals surface area (Å²) in [6, 6.07) is 14.4. The van der Waals surface area contributed by atoms with Crippen LogP contribution in [0, 0.1) is 0 Å². The molecule has 1 heterocycles. The van der Waals surface area contributed by atoms with E-state index in [1.54, 1.807) is 0 Å². The van der Waals surface area contributed by atoms with Crippen LogP contribution < -0.4 is 10.1 Å². The summed E-state index contributed by atoms with van der Waals surface area (Å²) in [5.74, 6) is 0.817. The van der Waals surface area contributed by atoms with Gasteiger partial charge in [-0.3, -0.25) is 4.90 Å². The zero-order valence-electron chi connectivity index (χ0n) is 15.2. The summed E-state index contributed by atoms with van der Waals surface area (Å²) in [6.07, 6.45) is 2.62. The first-order valence-electron chi connectivity index (χ1n) is 9.26. The molecule has 0 aliphatic carbocycles. The van der Waals surface area contributed by atoms with Gasteiger partial charge in [0.2, 0.25) is 0 Å². The van der Waals surface area contributed by atoms with E-state index in [4.69, 9.17) is 27.9 Å². The van der Waals surface area contributed by atoms with Crippen LogP contribution in [0.25, 0.3) is 0 Å². The Bertz CT molecular complexity index is 685. The summed E-state index contributed by atoms with van der Waals surface area (Å²) < 4.78 is 5.83. The number of hydrogen-bond donors (Lipinski definition) is 1. The third-order valence-corrected chi connectivity index (χ3v) is 5.69. The topological polar surface area (TPSA) is 24.5 Å². The molecule has 26 heavy (non-hydrogen) atoms. The van der Waals surface area contributed by atoms with Gasteiger partial charge in [-0.25, -0.2) is 0 Å². The molecule has 1 aliphatic rings. The summed E-state index contributed by atoms with van der Waals surface area (Å²) in [6.45, 7) is 6.93. The average Bonchev–Trinajstić information content (AvgIpc) is 3.10. The lowest BCUT2D eigenvalue weighted by Gasteiger charge is -2.23. The number of nitrogens with zero attached hydrogens (tertiary/aromatic N) is 1. The van der Waals surface area contributed by atoms with Crippen LogP contribution in [0.2, 0.25) is 10.0 Å². The van der Waals surface area contributed by atoms with Gasteiger partial charge in [-0.15, -0.1) is 0 Å². The Morgan fingerprint density at radius 3 is 2.54 bits per heavy atom. The number of benzene rings is 2. The van der Waals surface area contributed by atoms with Crippen molar-refractivity contribution in [3.63, 3.8) is 0 Å². The molecule has 1 atom stereocenters. The predicted octanol–water partition coefficient (Wildman–Crippen LogP) is 5.15. The number of hydrogen-bond acceptors (Lipinski definition) is 3. The third-order valence-electron chi connectivity index (χ3n) is 4.98. The maximum Gasteiger partial charge on any atom is 0.119 e. The molecule has 3 rings (SSSR count). The van der Waals surface area contributed by atoms with Gasteiger partial charge in [0, 0.05) is 34.7 Å². The molecule has 0 radical (unpaired) electrons. The SMILES string of the molecule is CCN1CCCC1CNCc1ccc(OCc2c(Cl)cccc2Cl)cc1. The van der Waals surface area contributed by atoms with Crippen molar-refractivity contribution in [3.05, 3.63) is 63.6 Å². The van der Waals surface area contributed by atoms with Crippen LogP contribution in [0.4, 0.5) is 0 Å². The van der Waals surface area contributed by atoms with Gasteiger partial charge in [0.25, 0.3) is 0 Å². The monoisotopic (exact) mass is 392 g/mol. The van der Waals surface area contributed by atoms with Crippen LogP contribution >= 0.6 is 23.2 Å². The second-order valence-electron chi connectivity index (χ2n) is 6.69. The van der Waals surface area contributed by atoms with Crippen molar-refractivity contribution in [3.8, 4) is 5.75 Å².